The molecule has 1 aliphatic heterocycles. The molecule has 160 valence electrons. The zero-order valence-electron chi connectivity index (χ0n) is 17.5. The van der Waals surface area contributed by atoms with Gasteiger partial charge in [-0.3, -0.25) is 9.59 Å². The molecule has 8 heteroatoms. The molecule has 0 aromatic heterocycles. The lowest BCUT2D eigenvalue weighted by atomic mass is 10.0. The third-order valence-electron chi connectivity index (χ3n) is 4.66. The number of ether oxygens (including phenoxy) is 4. The highest BCUT2D eigenvalue weighted by atomic mass is 16.6. The Morgan fingerprint density at radius 2 is 1.70 bits per heavy atom. The van der Waals surface area contributed by atoms with Crippen LogP contribution in [-0.2, 0) is 16.0 Å². The zero-order valence-corrected chi connectivity index (χ0v) is 17.5. The normalized spacial score (nSPS) is 17.1. The molecule has 0 saturated carbocycles. The Morgan fingerprint density at radius 1 is 0.933 bits per heavy atom. The number of carbonyl (C=O) groups excluding carboxylic acids is 2. The zero-order chi connectivity index (χ0) is 21.7. The van der Waals surface area contributed by atoms with E-state index in [1.165, 1.54) is 13.8 Å². The molecule has 2 aromatic rings. The van der Waals surface area contributed by atoms with E-state index in [9.17, 15) is 9.59 Å². The molecule has 30 heavy (non-hydrogen) atoms. The molecule has 2 N–H and O–H groups in total. The number of nitrogens with one attached hydrogen (secondary N) is 2. The Morgan fingerprint density at radius 3 is 2.37 bits per heavy atom. The highest BCUT2D eigenvalue weighted by Gasteiger charge is 2.34. The maximum Gasteiger partial charge on any atom is 0.219 e. The molecule has 2 atom stereocenters. The van der Waals surface area contributed by atoms with Crippen LogP contribution in [0.1, 0.15) is 31.1 Å². The van der Waals surface area contributed by atoms with E-state index >= 15 is 0 Å². The van der Waals surface area contributed by atoms with Gasteiger partial charge in [0.05, 0.1) is 14.2 Å². The van der Waals surface area contributed by atoms with Crippen LogP contribution in [0.15, 0.2) is 36.4 Å². The Hall–Kier alpha value is -3.42. The minimum atomic E-state index is -0.710. The van der Waals surface area contributed by atoms with Gasteiger partial charge in [0.2, 0.25) is 18.0 Å². The van der Waals surface area contributed by atoms with Gasteiger partial charge in [-0.15, -0.1) is 0 Å². The smallest absolute Gasteiger partial charge is 0.219 e. The molecule has 0 saturated heterocycles. The Bertz CT molecular complexity index is 930. The maximum atomic E-state index is 11.7. The fourth-order valence-corrected chi connectivity index (χ4v) is 3.26. The summed E-state index contributed by atoms with van der Waals surface area (Å²) in [5.74, 6) is 1.94. The van der Waals surface area contributed by atoms with Crippen molar-refractivity contribution in [1.29, 1.82) is 0 Å². The van der Waals surface area contributed by atoms with Crippen molar-refractivity contribution in [3.05, 3.63) is 47.5 Å². The number of rotatable bonds is 7. The summed E-state index contributed by atoms with van der Waals surface area (Å²) < 4.78 is 23.0. The molecule has 0 fully saturated rings. The molecule has 0 bridgehead atoms. The first-order valence-corrected chi connectivity index (χ1v) is 9.61. The lowest BCUT2D eigenvalue weighted by Gasteiger charge is -2.34. The van der Waals surface area contributed by atoms with Crippen molar-refractivity contribution in [1.82, 2.24) is 10.6 Å². The Kier molecular flexibility index (Phi) is 6.66. The van der Waals surface area contributed by atoms with E-state index in [0.717, 1.165) is 11.1 Å². The van der Waals surface area contributed by atoms with Gasteiger partial charge in [-0.25, -0.2) is 0 Å². The monoisotopic (exact) mass is 414 g/mol. The first kappa shape index (κ1) is 21.3. The van der Waals surface area contributed by atoms with Crippen molar-refractivity contribution in [3.8, 4) is 23.0 Å². The summed E-state index contributed by atoms with van der Waals surface area (Å²) in [6, 6.07) is 11.0. The van der Waals surface area contributed by atoms with Crippen molar-refractivity contribution in [2.24, 2.45) is 0 Å². The summed E-state index contributed by atoms with van der Waals surface area (Å²) in [5, 5.41) is 5.57. The van der Waals surface area contributed by atoms with Crippen LogP contribution in [0, 0.1) is 0 Å². The van der Waals surface area contributed by atoms with E-state index in [-0.39, 0.29) is 11.8 Å². The molecule has 2 aromatic carbocycles. The predicted molar refractivity (Wildman–Crippen MR) is 110 cm³/mol. The Labute approximate surface area is 175 Å². The second-order valence-corrected chi connectivity index (χ2v) is 6.91. The highest BCUT2D eigenvalue weighted by Crippen LogP contribution is 2.41. The van der Waals surface area contributed by atoms with E-state index in [1.54, 1.807) is 32.4 Å². The molecule has 0 spiro atoms. The first-order chi connectivity index (χ1) is 14.4. The number of hydrogen-bond acceptors (Lipinski definition) is 6. The van der Waals surface area contributed by atoms with Crippen LogP contribution < -0.4 is 29.6 Å². The van der Waals surface area contributed by atoms with Crippen LogP contribution in [0.2, 0.25) is 0 Å². The standard InChI is InChI=1S/C22H26N2O6/c1-13(25)23-10-9-15-5-7-18-20(11-15)29-21(22(30-18)24-14(2)26)16-6-8-17(27-3)19(12-16)28-4/h5-8,11-12,21-22H,9-10H2,1-4H3,(H,23,25)(H,24,26)/t21-,22-/m1/s1. The molecule has 1 aliphatic rings. The summed E-state index contributed by atoms with van der Waals surface area (Å²) in [7, 11) is 3.12. The summed E-state index contributed by atoms with van der Waals surface area (Å²) in [4.78, 5) is 22.8. The molecular formula is C22H26N2O6. The average molecular weight is 414 g/mol. The summed E-state index contributed by atoms with van der Waals surface area (Å²) in [6.07, 6.45) is -0.642. The number of amides is 2. The predicted octanol–water partition coefficient (Wildman–Crippen LogP) is 2.36. The first-order valence-electron chi connectivity index (χ1n) is 9.61. The van der Waals surface area contributed by atoms with Crippen molar-refractivity contribution in [2.75, 3.05) is 20.8 Å². The van der Waals surface area contributed by atoms with Crippen LogP contribution in [0.25, 0.3) is 0 Å². The summed E-state index contributed by atoms with van der Waals surface area (Å²) in [5.41, 5.74) is 1.76. The molecular weight excluding hydrogens is 388 g/mol. The van der Waals surface area contributed by atoms with Crippen LogP contribution in [0.3, 0.4) is 0 Å². The third kappa shape index (κ3) is 4.94. The molecule has 0 unspecified atom stereocenters. The molecule has 0 radical (unpaired) electrons. The highest BCUT2D eigenvalue weighted by molar-refractivity contribution is 5.73. The number of hydrogen-bond donors (Lipinski definition) is 2. The van der Waals surface area contributed by atoms with E-state index in [1.807, 2.05) is 18.2 Å². The molecule has 0 aliphatic carbocycles. The van der Waals surface area contributed by atoms with Crippen LogP contribution in [0.5, 0.6) is 23.0 Å². The minimum Gasteiger partial charge on any atom is -0.493 e. The van der Waals surface area contributed by atoms with Gasteiger partial charge in [0.15, 0.2) is 29.1 Å². The topological polar surface area (TPSA) is 95.1 Å². The second kappa shape index (κ2) is 9.39. The van der Waals surface area contributed by atoms with Gasteiger partial charge in [0.1, 0.15) is 0 Å². The van der Waals surface area contributed by atoms with Crippen molar-refractivity contribution >= 4 is 11.8 Å². The van der Waals surface area contributed by atoms with Gasteiger partial charge >= 0.3 is 0 Å². The van der Waals surface area contributed by atoms with Gasteiger partial charge in [0.25, 0.3) is 0 Å². The number of methoxy groups -OCH3 is 2. The molecule has 8 nitrogen and oxygen atoms in total. The molecule has 2 amide bonds. The van der Waals surface area contributed by atoms with Gasteiger partial charge in [-0.2, -0.15) is 0 Å². The lowest BCUT2D eigenvalue weighted by molar-refractivity contribution is -0.124. The quantitative estimate of drug-likeness (QED) is 0.722. The minimum absolute atomic E-state index is 0.0702. The summed E-state index contributed by atoms with van der Waals surface area (Å²) >= 11 is 0. The third-order valence-corrected chi connectivity index (χ3v) is 4.66. The Balaban J connectivity index is 1.89. The van der Waals surface area contributed by atoms with E-state index in [2.05, 4.69) is 10.6 Å². The van der Waals surface area contributed by atoms with Gasteiger partial charge in [-0.05, 0) is 36.2 Å². The van der Waals surface area contributed by atoms with Crippen LogP contribution in [0.4, 0.5) is 0 Å². The van der Waals surface area contributed by atoms with Gasteiger partial charge in [-0.1, -0.05) is 12.1 Å². The largest absolute Gasteiger partial charge is 0.493 e. The number of benzene rings is 2. The van der Waals surface area contributed by atoms with E-state index in [4.69, 9.17) is 18.9 Å². The van der Waals surface area contributed by atoms with Crippen molar-refractivity contribution < 1.29 is 28.5 Å². The maximum absolute atomic E-state index is 11.7. The van der Waals surface area contributed by atoms with Crippen molar-refractivity contribution in [2.45, 2.75) is 32.6 Å². The second-order valence-electron chi connectivity index (χ2n) is 6.91. The van der Waals surface area contributed by atoms with Gasteiger partial charge in [0, 0.05) is 26.0 Å². The number of fused-ring (bicyclic) bond motifs is 1. The van der Waals surface area contributed by atoms with E-state index in [0.29, 0.717) is 36.0 Å². The van der Waals surface area contributed by atoms with Gasteiger partial charge < -0.3 is 29.6 Å². The summed E-state index contributed by atoms with van der Waals surface area (Å²) in [6.45, 7) is 3.44. The molecule has 1 heterocycles. The van der Waals surface area contributed by atoms with E-state index < -0.39 is 12.3 Å². The SMILES string of the molecule is COc1ccc([C@H]2Oc3cc(CCNC(C)=O)ccc3O[C@H]2NC(C)=O)cc1OC. The fraction of sp³-hybridized carbons (Fsp3) is 0.364. The van der Waals surface area contributed by atoms with Crippen LogP contribution in [-0.4, -0.2) is 38.8 Å². The molecule has 3 rings (SSSR count). The average Bonchev–Trinajstić information content (AvgIpc) is 2.72. The number of carbonyl (C=O) groups is 2. The lowest BCUT2D eigenvalue weighted by Crippen LogP contribution is -2.46. The van der Waals surface area contributed by atoms with Crippen LogP contribution >= 0.6 is 0 Å². The van der Waals surface area contributed by atoms with Crippen molar-refractivity contribution in [3.63, 3.8) is 0 Å². The fourth-order valence-electron chi connectivity index (χ4n) is 3.26.